The Hall–Kier alpha value is -2.29. The Labute approximate surface area is 125 Å². The minimum Gasteiger partial charge on any atom is -0.497 e. The maximum absolute atomic E-state index is 11.7. The van der Waals surface area contributed by atoms with Crippen molar-refractivity contribution in [2.24, 2.45) is 5.41 Å². The van der Waals surface area contributed by atoms with Gasteiger partial charge >= 0.3 is 5.97 Å². The van der Waals surface area contributed by atoms with Crippen LogP contribution >= 0.6 is 0 Å². The Balaban J connectivity index is 2.52. The molecule has 0 bridgehead atoms. The lowest BCUT2D eigenvalue weighted by Crippen LogP contribution is -2.32. The first-order valence-corrected chi connectivity index (χ1v) is 6.89. The highest BCUT2D eigenvalue weighted by atomic mass is 16.5. The Morgan fingerprint density at radius 3 is 2.00 bits per heavy atom. The molecule has 1 unspecified atom stereocenters. The first-order valence-electron chi connectivity index (χ1n) is 6.89. The van der Waals surface area contributed by atoms with Crippen LogP contribution < -0.4 is 4.74 Å². The van der Waals surface area contributed by atoms with E-state index in [1.807, 2.05) is 54.6 Å². The predicted molar refractivity (Wildman–Crippen MR) is 82.7 cm³/mol. The van der Waals surface area contributed by atoms with Crippen molar-refractivity contribution in [2.45, 2.75) is 19.8 Å². The van der Waals surface area contributed by atoms with Gasteiger partial charge in [-0.15, -0.1) is 0 Å². The van der Waals surface area contributed by atoms with Crippen molar-refractivity contribution in [3.63, 3.8) is 0 Å². The smallest absolute Gasteiger partial charge is 0.310 e. The van der Waals surface area contributed by atoms with Gasteiger partial charge in [-0.1, -0.05) is 42.5 Å². The predicted octanol–water partition coefficient (Wildman–Crippen LogP) is 3.94. The number of methoxy groups -OCH3 is 1. The summed E-state index contributed by atoms with van der Waals surface area (Å²) in [6.07, 6.45) is 0. The summed E-state index contributed by atoms with van der Waals surface area (Å²) in [6.45, 7) is 3.52. The van der Waals surface area contributed by atoms with Crippen LogP contribution in [0.4, 0.5) is 0 Å². The van der Waals surface area contributed by atoms with E-state index >= 15 is 0 Å². The second-order valence-corrected chi connectivity index (χ2v) is 5.64. The SMILES string of the molecule is COc1ccc(C(c2ccccc2)C(C)(C)C(=O)O)cc1. The highest BCUT2D eigenvalue weighted by Crippen LogP contribution is 2.41. The molecule has 0 radical (unpaired) electrons. The highest BCUT2D eigenvalue weighted by molar-refractivity contribution is 5.76. The first kappa shape index (κ1) is 15.1. The highest BCUT2D eigenvalue weighted by Gasteiger charge is 2.38. The van der Waals surface area contributed by atoms with E-state index in [1.165, 1.54) is 0 Å². The molecule has 0 fully saturated rings. The average molecular weight is 284 g/mol. The molecular weight excluding hydrogens is 264 g/mol. The second-order valence-electron chi connectivity index (χ2n) is 5.64. The Bertz CT molecular complexity index is 600. The van der Waals surface area contributed by atoms with Crippen molar-refractivity contribution in [3.05, 3.63) is 65.7 Å². The quantitative estimate of drug-likeness (QED) is 0.904. The van der Waals surface area contributed by atoms with E-state index in [9.17, 15) is 9.90 Å². The summed E-state index contributed by atoms with van der Waals surface area (Å²) in [4.78, 5) is 11.7. The van der Waals surface area contributed by atoms with Gasteiger partial charge in [0.2, 0.25) is 0 Å². The van der Waals surface area contributed by atoms with Gasteiger partial charge in [-0.3, -0.25) is 4.79 Å². The van der Waals surface area contributed by atoms with Crippen molar-refractivity contribution in [1.82, 2.24) is 0 Å². The molecule has 0 heterocycles. The molecule has 21 heavy (non-hydrogen) atoms. The van der Waals surface area contributed by atoms with E-state index in [1.54, 1.807) is 21.0 Å². The monoisotopic (exact) mass is 284 g/mol. The maximum atomic E-state index is 11.7. The minimum atomic E-state index is -0.907. The molecule has 0 aromatic heterocycles. The summed E-state index contributed by atoms with van der Waals surface area (Å²) in [6, 6.07) is 17.3. The lowest BCUT2D eigenvalue weighted by atomic mass is 9.71. The van der Waals surface area contributed by atoms with E-state index in [4.69, 9.17) is 4.74 Å². The first-order chi connectivity index (χ1) is 9.96. The van der Waals surface area contributed by atoms with Crippen molar-refractivity contribution in [1.29, 1.82) is 0 Å². The summed E-state index contributed by atoms with van der Waals surface area (Å²) >= 11 is 0. The fourth-order valence-corrected chi connectivity index (χ4v) is 2.59. The minimum absolute atomic E-state index is 0.220. The second kappa shape index (κ2) is 6.00. The zero-order chi connectivity index (χ0) is 15.5. The van der Waals surface area contributed by atoms with Gasteiger partial charge in [0.25, 0.3) is 0 Å². The number of hydrogen-bond acceptors (Lipinski definition) is 2. The van der Waals surface area contributed by atoms with Crippen LogP contribution in [0.3, 0.4) is 0 Å². The third-order valence-electron chi connectivity index (χ3n) is 3.85. The van der Waals surface area contributed by atoms with Gasteiger partial charge in [0.05, 0.1) is 12.5 Å². The Kier molecular flexibility index (Phi) is 4.32. The average Bonchev–Trinajstić information content (AvgIpc) is 2.49. The van der Waals surface area contributed by atoms with Gasteiger partial charge in [0.15, 0.2) is 0 Å². The van der Waals surface area contributed by atoms with Crippen molar-refractivity contribution < 1.29 is 14.6 Å². The molecule has 1 N–H and O–H groups in total. The standard InChI is InChI=1S/C18H20O3/c1-18(2,17(19)20)16(13-7-5-4-6-8-13)14-9-11-15(21-3)12-10-14/h4-12,16H,1-3H3,(H,19,20). The number of ether oxygens (including phenoxy) is 1. The lowest BCUT2D eigenvalue weighted by molar-refractivity contribution is -0.147. The van der Waals surface area contributed by atoms with Crippen LogP contribution in [0.15, 0.2) is 54.6 Å². The molecular formula is C18H20O3. The summed E-state index contributed by atoms with van der Waals surface area (Å²) in [5.41, 5.74) is 1.06. The molecule has 110 valence electrons. The van der Waals surface area contributed by atoms with Crippen LogP contribution in [-0.4, -0.2) is 18.2 Å². The normalized spacial score (nSPS) is 12.7. The van der Waals surface area contributed by atoms with Gasteiger partial charge < -0.3 is 9.84 Å². The number of hydrogen-bond donors (Lipinski definition) is 1. The van der Waals surface area contributed by atoms with E-state index in [2.05, 4.69) is 0 Å². The largest absolute Gasteiger partial charge is 0.497 e. The Morgan fingerprint density at radius 2 is 1.52 bits per heavy atom. The summed E-state index contributed by atoms with van der Waals surface area (Å²) < 4.78 is 5.17. The molecule has 0 aliphatic heterocycles. The molecule has 0 amide bonds. The summed E-state index contributed by atoms with van der Waals surface area (Å²) in [5.74, 6) is -0.270. The molecule has 0 saturated carbocycles. The number of benzene rings is 2. The molecule has 1 atom stereocenters. The molecule has 0 saturated heterocycles. The molecule has 3 heteroatoms. The zero-order valence-electron chi connectivity index (χ0n) is 12.5. The number of carboxylic acids is 1. The van der Waals surface area contributed by atoms with E-state index in [0.717, 1.165) is 16.9 Å². The molecule has 2 aromatic rings. The fraction of sp³-hybridized carbons (Fsp3) is 0.278. The summed E-state index contributed by atoms with van der Waals surface area (Å²) in [5, 5.41) is 9.61. The van der Waals surface area contributed by atoms with Gasteiger partial charge in [-0.25, -0.2) is 0 Å². The molecule has 3 nitrogen and oxygen atoms in total. The van der Waals surface area contributed by atoms with Gasteiger partial charge in [0, 0.05) is 5.92 Å². The lowest BCUT2D eigenvalue weighted by Gasteiger charge is -2.31. The van der Waals surface area contributed by atoms with Crippen molar-refractivity contribution >= 4 is 5.97 Å². The van der Waals surface area contributed by atoms with Gasteiger partial charge in [-0.05, 0) is 37.1 Å². The van der Waals surface area contributed by atoms with Gasteiger partial charge in [-0.2, -0.15) is 0 Å². The van der Waals surface area contributed by atoms with Crippen molar-refractivity contribution in [3.8, 4) is 5.75 Å². The van der Waals surface area contributed by atoms with Gasteiger partial charge in [0.1, 0.15) is 5.75 Å². The number of carboxylic acid groups (broad SMARTS) is 1. The van der Waals surface area contributed by atoms with Crippen LogP contribution in [0.5, 0.6) is 5.75 Å². The third kappa shape index (κ3) is 3.07. The van der Waals surface area contributed by atoms with Crippen LogP contribution in [0.25, 0.3) is 0 Å². The van der Waals surface area contributed by atoms with E-state index in [0.29, 0.717) is 0 Å². The molecule has 0 aliphatic carbocycles. The van der Waals surface area contributed by atoms with E-state index < -0.39 is 11.4 Å². The summed E-state index contributed by atoms with van der Waals surface area (Å²) in [7, 11) is 1.62. The van der Waals surface area contributed by atoms with Crippen LogP contribution in [0.2, 0.25) is 0 Å². The molecule has 2 aromatic carbocycles. The number of carbonyl (C=O) groups is 1. The maximum Gasteiger partial charge on any atom is 0.310 e. The van der Waals surface area contributed by atoms with Crippen LogP contribution in [-0.2, 0) is 4.79 Å². The fourth-order valence-electron chi connectivity index (χ4n) is 2.59. The molecule has 0 spiro atoms. The number of aliphatic carboxylic acids is 1. The Morgan fingerprint density at radius 1 is 1.00 bits per heavy atom. The van der Waals surface area contributed by atoms with E-state index in [-0.39, 0.29) is 5.92 Å². The topological polar surface area (TPSA) is 46.5 Å². The van der Waals surface area contributed by atoms with Crippen molar-refractivity contribution in [2.75, 3.05) is 7.11 Å². The number of rotatable bonds is 5. The third-order valence-corrected chi connectivity index (χ3v) is 3.85. The molecule has 0 aliphatic rings. The van der Waals surface area contributed by atoms with Crippen LogP contribution in [0, 0.1) is 5.41 Å². The zero-order valence-corrected chi connectivity index (χ0v) is 12.5. The van der Waals surface area contributed by atoms with Crippen LogP contribution in [0.1, 0.15) is 30.9 Å². The molecule has 2 rings (SSSR count).